The Balaban J connectivity index is 1.98. The maximum atomic E-state index is 14.3. The molecule has 0 aliphatic carbocycles. The van der Waals surface area contributed by atoms with E-state index in [1.54, 1.807) is 36.4 Å². The van der Waals surface area contributed by atoms with Crippen LogP contribution in [0.4, 0.5) is 4.39 Å². The Labute approximate surface area is 157 Å². The predicted octanol–water partition coefficient (Wildman–Crippen LogP) is 3.51. The van der Waals surface area contributed by atoms with Gasteiger partial charge in [0.2, 0.25) is 0 Å². The quantitative estimate of drug-likeness (QED) is 0.646. The first kappa shape index (κ1) is 19.0. The van der Waals surface area contributed by atoms with Gasteiger partial charge >= 0.3 is 0 Å². The number of carbonyl (C=O) groups is 1. The Bertz CT molecular complexity index is 979. The highest BCUT2D eigenvalue weighted by Crippen LogP contribution is 2.32. The van der Waals surface area contributed by atoms with Crippen molar-refractivity contribution in [2.75, 3.05) is 6.54 Å². The fourth-order valence-corrected chi connectivity index (χ4v) is 2.95. The van der Waals surface area contributed by atoms with Crippen LogP contribution in [0.25, 0.3) is 21.9 Å². The summed E-state index contributed by atoms with van der Waals surface area (Å²) < 4.78 is 14.3. The van der Waals surface area contributed by atoms with Crippen LogP contribution in [-0.2, 0) is 0 Å². The second-order valence-electron chi connectivity index (χ2n) is 7.07. The molecule has 0 saturated heterocycles. The predicted molar refractivity (Wildman–Crippen MR) is 104 cm³/mol. The van der Waals surface area contributed by atoms with Gasteiger partial charge in [-0.3, -0.25) is 4.79 Å². The first-order valence-electron chi connectivity index (χ1n) is 8.74. The van der Waals surface area contributed by atoms with E-state index < -0.39 is 11.7 Å². The highest BCUT2D eigenvalue weighted by molar-refractivity contribution is 6.11. The monoisotopic (exact) mass is 367 g/mol. The molecule has 0 saturated carbocycles. The standard InChI is InChI=1S/C22H22FNO3/c1-22(2,27)20(25)13-24-21(26)18-12-11-16(14-7-3-4-8-15(14)18)17-9-5-6-10-19(17)23/h3-12,20,25,27H,13H2,1-2H3,(H,24,26). The molecular weight excluding hydrogens is 345 g/mol. The lowest BCUT2D eigenvalue weighted by atomic mass is 9.94. The maximum Gasteiger partial charge on any atom is 0.252 e. The van der Waals surface area contributed by atoms with Crippen molar-refractivity contribution in [2.45, 2.75) is 25.6 Å². The Kier molecular flexibility index (Phi) is 5.26. The molecule has 0 bridgehead atoms. The van der Waals surface area contributed by atoms with Crippen LogP contribution in [0.2, 0.25) is 0 Å². The topological polar surface area (TPSA) is 69.6 Å². The molecule has 0 aliphatic heterocycles. The molecule has 0 radical (unpaired) electrons. The van der Waals surface area contributed by atoms with Gasteiger partial charge in [0, 0.05) is 17.7 Å². The number of hydrogen-bond donors (Lipinski definition) is 3. The number of fused-ring (bicyclic) bond motifs is 1. The maximum absolute atomic E-state index is 14.3. The molecule has 140 valence electrons. The molecule has 3 N–H and O–H groups in total. The fraction of sp³-hybridized carbons (Fsp3) is 0.227. The molecule has 1 atom stereocenters. The minimum Gasteiger partial charge on any atom is -0.388 e. The van der Waals surface area contributed by atoms with Crippen LogP contribution in [0.15, 0.2) is 60.7 Å². The second-order valence-corrected chi connectivity index (χ2v) is 7.07. The van der Waals surface area contributed by atoms with Gasteiger partial charge in [0.15, 0.2) is 0 Å². The Morgan fingerprint density at radius 2 is 1.63 bits per heavy atom. The van der Waals surface area contributed by atoms with E-state index in [4.69, 9.17) is 0 Å². The molecule has 5 heteroatoms. The summed E-state index contributed by atoms with van der Waals surface area (Å²) >= 11 is 0. The molecular formula is C22H22FNO3. The van der Waals surface area contributed by atoms with Crippen molar-refractivity contribution in [1.29, 1.82) is 0 Å². The third kappa shape index (κ3) is 3.99. The molecule has 3 aromatic carbocycles. The van der Waals surface area contributed by atoms with Gasteiger partial charge in [-0.25, -0.2) is 4.39 Å². The third-order valence-corrected chi connectivity index (χ3v) is 4.60. The summed E-state index contributed by atoms with van der Waals surface area (Å²) in [5.74, 6) is -0.692. The molecule has 0 aromatic heterocycles. The summed E-state index contributed by atoms with van der Waals surface area (Å²) in [6, 6.07) is 17.2. The minimum atomic E-state index is -1.32. The van der Waals surface area contributed by atoms with E-state index in [1.165, 1.54) is 19.9 Å². The van der Waals surface area contributed by atoms with Crippen LogP contribution < -0.4 is 5.32 Å². The zero-order valence-electron chi connectivity index (χ0n) is 15.2. The van der Waals surface area contributed by atoms with Gasteiger partial charge < -0.3 is 15.5 Å². The van der Waals surface area contributed by atoms with Gasteiger partial charge in [-0.1, -0.05) is 48.5 Å². The number of hydrogen-bond acceptors (Lipinski definition) is 3. The van der Waals surface area contributed by atoms with Crippen molar-refractivity contribution in [3.05, 3.63) is 72.0 Å². The number of amides is 1. The molecule has 0 fully saturated rings. The Morgan fingerprint density at radius 3 is 2.30 bits per heavy atom. The molecule has 1 amide bonds. The van der Waals surface area contributed by atoms with Gasteiger partial charge in [0.05, 0.1) is 11.7 Å². The summed E-state index contributed by atoms with van der Waals surface area (Å²) in [6.07, 6.45) is -1.09. The first-order valence-corrected chi connectivity index (χ1v) is 8.74. The van der Waals surface area contributed by atoms with Crippen molar-refractivity contribution in [3.63, 3.8) is 0 Å². The Morgan fingerprint density at radius 1 is 1.00 bits per heavy atom. The van der Waals surface area contributed by atoms with E-state index in [2.05, 4.69) is 5.32 Å². The number of carbonyl (C=O) groups excluding carboxylic acids is 1. The molecule has 1 unspecified atom stereocenters. The summed E-state index contributed by atoms with van der Waals surface area (Å²) in [7, 11) is 0. The van der Waals surface area contributed by atoms with Crippen LogP contribution in [0.3, 0.4) is 0 Å². The van der Waals surface area contributed by atoms with E-state index >= 15 is 0 Å². The van der Waals surface area contributed by atoms with E-state index in [0.717, 1.165) is 5.39 Å². The van der Waals surface area contributed by atoms with E-state index in [-0.39, 0.29) is 18.3 Å². The molecule has 0 heterocycles. The highest BCUT2D eigenvalue weighted by atomic mass is 19.1. The van der Waals surface area contributed by atoms with Gasteiger partial charge in [0.1, 0.15) is 5.82 Å². The van der Waals surface area contributed by atoms with Crippen LogP contribution in [0.5, 0.6) is 0 Å². The van der Waals surface area contributed by atoms with Crippen LogP contribution >= 0.6 is 0 Å². The van der Waals surface area contributed by atoms with E-state index in [0.29, 0.717) is 22.1 Å². The van der Waals surface area contributed by atoms with Gasteiger partial charge in [-0.2, -0.15) is 0 Å². The van der Waals surface area contributed by atoms with E-state index in [9.17, 15) is 19.4 Å². The first-order chi connectivity index (χ1) is 12.8. The van der Waals surface area contributed by atoms with Gasteiger partial charge in [-0.15, -0.1) is 0 Å². The molecule has 0 aliphatic rings. The number of halogens is 1. The number of benzene rings is 3. The van der Waals surface area contributed by atoms with Crippen molar-refractivity contribution < 1.29 is 19.4 Å². The number of rotatable bonds is 5. The fourth-order valence-electron chi connectivity index (χ4n) is 2.95. The van der Waals surface area contributed by atoms with Gasteiger partial charge in [0.25, 0.3) is 5.91 Å². The number of aliphatic hydroxyl groups is 2. The zero-order valence-corrected chi connectivity index (χ0v) is 15.2. The summed E-state index contributed by atoms with van der Waals surface area (Å²) in [6.45, 7) is 2.87. The lowest BCUT2D eigenvalue weighted by Crippen LogP contribution is -2.44. The van der Waals surface area contributed by atoms with Gasteiger partial charge in [-0.05, 0) is 42.3 Å². The lowest BCUT2D eigenvalue weighted by Gasteiger charge is -2.24. The zero-order chi connectivity index (χ0) is 19.6. The molecule has 3 rings (SSSR count). The molecule has 27 heavy (non-hydrogen) atoms. The molecule has 3 aromatic rings. The number of nitrogens with one attached hydrogen (secondary N) is 1. The van der Waals surface area contributed by atoms with E-state index in [1.807, 2.05) is 18.2 Å². The largest absolute Gasteiger partial charge is 0.388 e. The lowest BCUT2D eigenvalue weighted by molar-refractivity contribution is -0.0452. The third-order valence-electron chi connectivity index (χ3n) is 4.60. The summed E-state index contributed by atoms with van der Waals surface area (Å²) in [5.41, 5.74) is 0.285. The SMILES string of the molecule is CC(C)(O)C(O)CNC(=O)c1ccc(-c2ccccc2F)c2ccccc12. The smallest absolute Gasteiger partial charge is 0.252 e. The molecule has 4 nitrogen and oxygen atoms in total. The summed E-state index contributed by atoms with van der Waals surface area (Å²) in [5, 5.41) is 23.8. The van der Waals surface area contributed by atoms with Crippen LogP contribution in [0, 0.1) is 5.82 Å². The van der Waals surface area contributed by atoms with Crippen molar-refractivity contribution >= 4 is 16.7 Å². The number of aliphatic hydroxyl groups excluding tert-OH is 1. The molecule has 0 spiro atoms. The average Bonchev–Trinajstić information content (AvgIpc) is 2.64. The van der Waals surface area contributed by atoms with Crippen molar-refractivity contribution in [3.8, 4) is 11.1 Å². The van der Waals surface area contributed by atoms with Crippen molar-refractivity contribution in [2.24, 2.45) is 0 Å². The minimum absolute atomic E-state index is 0.0777. The highest BCUT2D eigenvalue weighted by Gasteiger charge is 2.25. The normalized spacial score (nSPS) is 12.8. The van der Waals surface area contributed by atoms with Crippen LogP contribution in [0.1, 0.15) is 24.2 Å². The average molecular weight is 367 g/mol. The van der Waals surface area contributed by atoms with Crippen molar-refractivity contribution in [1.82, 2.24) is 5.32 Å². The second kappa shape index (κ2) is 7.47. The van der Waals surface area contributed by atoms with Crippen LogP contribution in [-0.4, -0.2) is 34.4 Å². The summed E-state index contributed by atoms with van der Waals surface area (Å²) in [4.78, 5) is 12.6. The Hall–Kier alpha value is -2.76.